The maximum atomic E-state index is 13.3. The summed E-state index contributed by atoms with van der Waals surface area (Å²) in [5, 5.41) is 3.41. The van der Waals surface area contributed by atoms with E-state index in [2.05, 4.69) is 43.1 Å². The molecule has 1 heterocycles. The second-order valence-corrected chi connectivity index (χ2v) is 7.76. The van der Waals surface area contributed by atoms with Crippen molar-refractivity contribution in [1.29, 1.82) is 0 Å². The molecule has 1 aromatic carbocycles. The molecule has 0 aliphatic carbocycles. The van der Waals surface area contributed by atoms with Gasteiger partial charge in [0.05, 0.1) is 25.3 Å². The molecule has 0 radical (unpaired) electrons. The number of guanidine groups is 1. The van der Waals surface area contributed by atoms with E-state index < -0.39 is 0 Å². The number of halogens is 2. The smallest absolute Gasteiger partial charge is 0.194 e. The molecule has 0 aromatic heterocycles. The van der Waals surface area contributed by atoms with Gasteiger partial charge in [0, 0.05) is 26.2 Å². The van der Waals surface area contributed by atoms with Crippen molar-refractivity contribution in [2.75, 3.05) is 53.4 Å². The van der Waals surface area contributed by atoms with Crippen LogP contribution >= 0.6 is 24.0 Å². The normalized spacial score (nSPS) is 20.8. The highest BCUT2D eigenvalue weighted by molar-refractivity contribution is 14.0. The highest BCUT2D eigenvalue weighted by Crippen LogP contribution is 2.25. The molecule has 1 aliphatic rings. The Morgan fingerprint density at radius 2 is 2.00 bits per heavy atom. The third-order valence-electron chi connectivity index (χ3n) is 4.88. The van der Waals surface area contributed by atoms with Crippen LogP contribution in [0.1, 0.15) is 38.9 Å². The van der Waals surface area contributed by atoms with Crippen LogP contribution in [-0.4, -0.2) is 81.4 Å². The number of aliphatic imine (C=N–C) groups is 1. The summed E-state index contributed by atoms with van der Waals surface area (Å²) in [5.74, 6) is 0.647. The Morgan fingerprint density at radius 1 is 1.30 bits per heavy atom. The minimum atomic E-state index is -0.232. The third-order valence-corrected chi connectivity index (χ3v) is 4.88. The monoisotopic (exact) mass is 536 g/mol. The summed E-state index contributed by atoms with van der Waals surface area (Å²) in [4.78, 5) is 9.28. The Kier molecular flexibility index (Phi) is 12.8. The summed E-state index contributed by atoms with van der Waals surface area (Å²) in [6.45, 7) is 10.7. The SMILES string of the molecule is CCNC(=NCC(CCN(C)C)OCC)N1CC(C)OC(c2ccc(F)cc2)C1.I. The lowest BCUT2D eigenvalue weighted by Crippen LogP contribution is -2.51. The summed E-state index contributed by atoms with van der Waals surface area (Å²) in [6.07, 6.45) is 0.989. The van der Waals surface area contributed by atoms with E-state index in [9.17, 15) is 4.39 Å². The lowest BCUT2D eigenvalue weighted by molar-refractivity contribution is -0.0605. The van der Waals surface area contributed by atoms with Gasteiger partial charge in [-0.25, -0.2) is 4.39 Å². The van der Waals surface area contributed by atoms with E-state index in [0.717, 1.165) is 37.6 Å². The van der Waals surface area contributed by atoms with Gasteiger partial charge < -0.3 is 24.6 Å². The minimum Gasteiger partial charge on any atom is -0.377 e. The highest BCUT2D eigenvalue weighted by Gasteiger charge is 2.28. The summed E-state index contributed by atoms with van der Waals surface area (Å²) in [7, 11) is 4.14. The van der Waals surface area contributed by atoms with Crippen LogP contribution in [0.4, 0.5) is 4.39 Å². The highest BCUT2D eigenvalue weighted by atomic mass is 127. The predicted molar refractivity (Wildman–Crippen MR) is 131 cm³/mol. The number of ether oxygens (including phenoxy) is 2. The fraction of sp³-hybridized carbons (Fsp3) is 0.682. The van der Waals surface area contributed by atoms with Crippen LogP contribution in [0.5, 0.6) is 0 Å². The van der Waals surface area contributed by atoms with Gasteiger partial charge in [0.2, 0.25) is 0 Å². The van der Waals surface area contributed by atoms with Crippen molar-refractivity contribution in [1.82, 2.24) is 15.1 Å². The molecule has 1 N–H and O–H groups in total. The summed E-state index contributed by atoms with van der Waals surface area (Å²) < 4.78 is 25.3. The number of benzene rings is 1. The van der Waals surface area contributed by atoms with Gasteiger partial charge >= 0.3 is 0 Å². The molecular formula is C22H38FIN4O2. The Balaban J connectivity index is 0.00000450. The average Bonchev–Trinajstić information content (AvgIpc) is 2.69. The van der Waals surface area contributed by atoms with Crippen molar-refractivity contribution in [3.05, 3.63) is 35.6 Å². The Bertz CT molecular complexity index is 630. The molecule has 0 amide bonds. The Hall–Kier alpha value is -0.970. The van der Waals surface area contributed by atoms with Crippen LogP contribution in [-0.2, 0) is 9.47 Å². The lowest BCUT2D eigenvalue weighted by atomic mass is 10.1. The molecule has 172 valence electrons. The zero-order chi connectivity index (χ0) is 21.2. The fourth-order valence-electron chi connectivity index (χ4n) is 3.47. The molecule has 1 aliphatic heterocycles. The van der Waals surface area contributed by atoms with Crippen molar-refractivity contribution < 1.29 is 13.9 Å². The first kappa shape index (κ1) is 27.1. The second kappa shape index (κ2) is 14.2. The Labute approximate surface area is 198 Å². The number of hydrogen-bond acceptors (Lipinski definition) is 4. The number of hydrogen-bond donors (Lipinski definition) is 1. The largest absolute Gasteiger partial charge is 0.377 e. The van der Waals surface area contributed by atoms with Gasteiger partial charge in [-0.1, -0.05) is 12.1 Å². The lowest BCUT2D eigenvalue weighted by Gasteiger charge is -2.39. The van der Waals surface area contributed by atoms with E-state index in [-0.39, 0.29) is 48.1 Å². The van der Waals surface area contributed by atoms with E-state index >= 15 is 0 Å². The molecule has 6 nitrogen and oxygen atoms in total. The molecule has 1 fully saturated rings. The van der Waals surface area contributed by atoms with Gasteiger partial charge in [0.25, 0.3) is 0 Å². The molecule has 0 saturated carbocycles. The van der Waals surface area contributed by atoms with Crippen LogP contribution in [0.25, 0.3) is 0 Å². The first-order valence-electron chi connectivity index (χ1n) is 10.6. The van der Waals surface area contributed by atoms with Crippen molar-refractivity contribution in [3.63, 3.8) is 0 Å². The van der Waals surface area contributed by atoms with E-state index in [0.29, 0.717) is 19.7 Å². The molecule has 0 bridgehead atoms. The molecule has 8 heteroatoms. The zero-order valence-electron chi connectivity index (χ0n) is 18.9. The Morgan fingerprint density at radius 3 is 2.60 bits per heavy atom. The molecular weight excluding hydrogens is 498 g/mol. The van der Waals surface area contributed by atoms with Crippen molar-refractivity contribution in [2.45, 2.75) is 45.5 Å². The molecule has 30 heavy (non-hydrogen) atoms. The standard InChI is InChI=1S/C22H37FN4O2.HI/c1-6-24-22(25-14-20(28-7-2)12-13-26(4)5)27-15-17(3)29-21(16-27)18-8-10-19(23)11-9-18;/h8-11,17,20-21H,6-7,12-16H2,1-5H3,(H,24,25);1H. The fourth-order valence-corrected chi connectivity index (χ4v) is 3.47. The van der Waals surface area contributed by atoms with Crippen molar-refractivity contribution >= 4 is 29.9 Å². The maximum Gasteiger partial charge on any atom is 0.194 e. The molecule has 2 rings (SSSR count). The van der Waals surface area contributed by atoms with E-state index in [1.807, 2.05) is 6.92 Å². The first-order valence-corrected chi connectivity index (χ1v) is 10.6. The van der Waals surface area contributed by atoms with Gasteiger partial charge in [-0.05, 0) is 59.0 Å². The molecule has 1 saturated heterocycles. The van der Waals surface area contributed by atoms with Crippen LogP contribution in [0.15, 0.2) is 29.3 Å². The van der Waals surface area contributed by atoms with Crippen LogP contribution < -0.4 is 5.32 Å². The quantitative estimate of drug-likeness (QED) is 0.298. The number of rotatable bonds is 9. The van der Waals surface area contributed by atoms with Crippen LogP contribution in [0.3, 0.4) is 0 Å². The molecule has 3 unspecified atom stereocenters. The zero-order valence-corrected chi connectivity index (χ0v) is 21.3. The summed E-state index contributed by atoms with van der Waals surface area (Å²) in [5.41, 5.74) is 0.983. The van der Waals surface area contributed by atoms with Gasteiger partial charge in [-0.2, -0.15) is 0 Å². The van der Waals surface area contributed by atoms with Gasteiger partial charge in [-0.15, -0.1) is 24.0 Å². The summed E-state index contributed by atoms with van der Waals surface area (Å²) >= 11 is 0. The second-order valence-electron chi connectivity index (χ2n) is 7.76. The molecule has 3 atom stereocenters. The van der Waals surface area contributed by atoms with Crippen LogP contribution in [0, 0.1) is 5.82 Å². The van der Waals surface area contributed by atoms with Crippen LogP contribution in [0.2, 0.25) is 0 Å². The minimum absolute atomic E-state index is 0. The molecule has 0 spiro atoms. The van der Waals surface area contributed by atoms with E-state index in [1.54, 1.807) is 12.1 Å². The third kappa shape index (κ3) is 9.03. The topological polar surface area (TPSA) is 49.3 Å². The van der Waals surface area contributed by atoms with Gasteiger partial charge in [0.15, 0.2) is 5.96 Å². The van der Waals surface area contributed by atoms with Gasteiger partial charge in [0.1, 0.15) is 11.9 Å². The first-order chi connectivity index (χ1) is 13.9. The number of morpholine rings is 1. The predicted octanol–water partition coefficient (Wildman–Crippen LogP) is 3.53. The number of nitrogens with one attached hydrogen (secondary N) is 1. The van der Waals surface area contributed by atoms with Crippen molar-refractivity contribution in [3.8, 4) is 0 Å². The van der Waals surface area contributed by atoms with E-state index in [4.69, 9.17) is 14.5 Å². The maximum absolute atomic E-state index is 13.3. The van der Waals surface area contributed by atoms with Gasteiger partial charge in [-0.3, -0.25) is 4.99 Å². The average molecular weight is 536 g/mol. The summed E-state index contributed by atoms with van der Waals surface area (Å²) in [6, 6.07) is 6.57. The number of nitrogens with zero attached hydrogens (tertiary/aromatic N) is 3. The van der Waals surface area contributed by atoms with Crippen molar-refractivity contribution in [2.24, 2.45) is 4.99 Å². The van der Waals surface area contributed by atoms with E-state index in [1.165, 1.54) is 12.1 Å². The molecule has 1 aromatic rings.